The molecule has 0 N–H and O–H groups in total. The molecule has 3 heteroatoms. The van der Waals surface area contributed by atoms with Gasteiger partial charge in [0.2, 0.25) is 0 Å². The van der Waals surface area contributed by atoms with Crippen molar-refractivity contribution >= 4 is 29.0 Å². The largest absolute Gasteiger partial charge is 0.294 e. The third kappa shape index (κ3) is 2.74. The molecule has 2 aromatic carbocycles. The summed E-state index contributed by atoms with van der Waals surface area (Å²) in [5, 5.41) is 1.06. The maximum atomic E-state index is 12.2. The normalized spacial score (nSPS) is 10.4. The number of carbonyl (C=O) groups is 1. The summed E-state index contributed by atoms with van der Waals surface area (Å²) in [4.78, 5) is 12.2. The van der Waals surface area contributed by atoms with Crippen LogP contribution in [0.4, 0.5) is 0 Å². The fourth-order valence-corrected chi connectivity index (χ4v) is 2.37. The average Bonchev–Trinajstić information content (AvgIpc) is 2.34. The van der Waals surface area contributed by atoms with Crippen LogP contribution >= 0.6 is 23.2 Å². The minimum absolute atomic E-state index is 0.0306. The third-order valence-corrected chi connectivity index (χ3v) is 3.55. The SMILES string of the molecule is Cc1ccccc1C(=O)Cc1c(Cl)cccc1Cl. The number of hydrogen-bond donors (Lipinski definition) is 0. The number of hydrogen-bond acceptors (Lipinski definition) is 1. The molecule has 2 rings (SSSR count). The van der Waals surface area contributed by atoms with Gasteiger partial charge in [-0.25, -0.2) is 0 Å². The minimum Gasteiger partial charge on any atom is -0.294 e. The van der Waals surface area contributed by atoms with E-state index in [0.717, 1.165) is 5.56 Å². The Morgan fingerprint density at radius 3 is 2.22 bits per heavy atom. The van der Waals surface area contributed by atoms with Gasteiger partial charge in [0, 0.05) is 22.0 Å². The van der Waals surface area contributed by atoms with Crippen molar-refractivity contribution in [2.45, 2.75) is 13.3 Å². The van der Waals surface area contributed by atoms with E-state index in [-0.39, 0.29) is 12.2 Å². The predicted octanol–water partition coefficient (Wildman–Crippen LogP) is 4.73. The molecule has 0 aromatic heterocycles. The van der Waals surface area contributed by atoms with Gasteiger partial charge in [-0.05, 0) is 30.2 Å². The van der Waals surface area contributed by atoms with Crippen molar-refractivity contribution in [3.05, 3.63) is 69.2 Å². The van der Waals surface area contributed by atoms with E-state index in [0.29, 0.717) is 21.2 Å². The first-order valence-electron chi connectivity index (χ1n) is 5.61. The van der Waals surface area contributed by atoms with E-state index in [1.807, 2.05) is 31.2 Å². The topological polar surface area (TPSA) is 17.1 Å². The molecule has 0 saturated heterocycles. The van der Waals surface area contributed by atoms with Crippen molar-refractivity contribution in [1.29, 1.82) is 0 Å². The first-order chi connectivity index (χ1) is 8.59. The van der Waals surface area contributed by atoms with Crippen LogP contribution in [0.1, 0.15) is 21.5 Å². The molecule has 0 atom stereocenters. The summed E-state index contributed by atoms with van der Waals surface area (Å²) in [7, 11) is 0. The van der Waals surface area contributed by atoms with E-state index in [4.69, 9.17) is 23.2 Å². The molecule has 0 amide bonds. The summed E-state index contributed by atoms with van der Waals surface area (Å²) in [5.41, 5.74) is 2.37. The van der Waals surface area contributed by atoms with Crippen LogP contribution in [0.5, 0.6) is 0 Å². The van der Waals surface area contributed by atoms with Crippen LogP contribution in [0, 0.1) is 6.92 Å². The highest BCUT2D eigenvalue weighted by atomic mass is 35.5. The van der Waals surface area contributed by atoms with Gasteiger partial charge in [0.15, 0.2) is 5.78 Å². The van der Waals surface area contributed by atoms with Gasteiger partial charge in [0.1, 0.15) is 0 Å². The number of ketones is 1. The molecule has 2 aromatic rings. The summed E-state index contributed by atoms with van der Waals surface area (Å²) in [6.45, 7) is 1.92. The van der Waals surface area contributed by atoms with Crippen molar-refractivity contribution in [2.75, 3.05) is 0 Å². The van der Waals surface area contributed by atoms with E-state index < -0.39 is 0 Å². The summed E-state index contributed by atoms with van der Waals surface area (Å²) < 4.78 is 0. The van der Waals surface area contributed by atoms with Crippen LogP contribution in [-0.2, 0) is 6.42 Å². The van der Waals surface area contributed by atoms with Crippen LogP contribution in [0.25, 0.3) is 0 Å². The van der Waals surface area contributed by atoms with E-state index in [1.54, 1.807) is 18.2 Å². The number of Topliss-reactive ketones (excluding diaryl/α,β-unsaturated/α-hetero) is 1. The lowest BCUT2D eigenvalue weighted by Crippen LogP contribution is -2.06. The zero-order valence-electron chi connectivity index (χ0n) is 9.91. The molecule has 0 radical (unpaired) electrons. The van der Waals surface area contributed by atoms with E-state index in [1.165, 1.54) is 0 Å². The molecular weight excluding hydrogens is 267 g/mol. The van der Waals surface area contributed by atoms with Crippen LogP contribution in [0.3, 0.4) is 0 Å². The predicted molar refractivity (Wildman–Crippen MR) is 75.7 cm³/mol. The van der Waals surface area contributed by atoms with Gasteiger partial charge in [-0.1, -0.05) is 53.5 Å². The number of carbonyl (C=O) groups excluding carboxylic acids is 1. The molecule has 0 aliphatic carbocycles. The Kier molecular flexibility index (Phi) is 4.05. The maximum Gasteiger partial charge on any atom is 0.167 e. The van der Waals surface area contributed by atoms with Crippen LogP contribution in [0.2, 0.25) is 10.0 Å². The van der Waals surface area contributed by atoms with Crippen molar-refractivity contribution in [1.82, 2.24) is 0 Å². The highest BCUT2D eigenvalue weighted by Gasteiger charge is 2.13. The van der Waals surface area contributed by atoms with Gasteiger partial charge in [-0.3, -0.25) is 4.79 Å². The Balaban J connectivity index is 2.30. The van der Waals surface area contributed by atoms with Gasteiger partial charge in [-0.15, -0.1) is 0 Å². The first kappa shape index (κ1) is 13.1. The summed E-state index contributed by atoms with van der Waals surface area (Å²) in [5.74, 6) is 0.0306. The highest BCUT2D eigenvalue weighted by molar-refractivity contribution is 6.36. The Morgan fingerprint density at radius 2 is 1.61 bits per heavy atom. The molecule has 18 heavy (non-hydrogen) atoms. The second-order valence-electron chi connectivity index (χ2n) is 4.12. The molecule has 0 saturated carbocycles. The molecule has 1 nitrogen and oxygen atoms in total. The van der Waals surface area contributed by atoms with E-state index in [9.17, 15) is 4.79 Å². The molecule has 0 fully saturated rings. The zero-order chi connectivity index (χ0) is 13.1. The summed E-state index contributed by atoms with van der Waals surface area (Å²) >= 11 is 12.1. The summed E-state index contributed by atoms with van der Waals surface area (Å²) in [6.07, 6.45) is 0.226. The lowest BCUT2D eigenvalue weighted by Gasteiger charge is -2.08. The quantitative estimate of drug-likeness (QED) is 0.742. The molecule has 0 bridgehead atoms. The zero-order valence-corrected chi connectivity index (χ0v) is 11.4. The van der Waals surface area contributed by atoms with Gasteiger partial charge >= 0.3 is 0 Å². The maximum absolute atomic E-state index is 12.2. The first-order valence-corrected chi connectivity index (χ1v) is 6.37. The lowest BCUT2D eigenvalue weighted by atomic mass is 9.99. The van der Waals surface area contributed by atoms with Crippen molar-refractivity contribution in [3.63, 3.8) is 0 Å². The Bertz CT molecular complexity index is 571. The van der Waals surface area contributed by atoms with Crippen molar-refractivity contribution < 1.29 is 4.79 Å². The molecule has 0 aliphatic rings. The number of benzene rings is 2. The Labute approximate surface area is 116 Å². The molecule has 0 unspecified atom stereocenters. The standard InChI is InChI=1S/C15H12Cl2O/c1-10-5-2-3-6-11(10)15(18)9-12-13(16)7-4-8-14(12)17/h2-8H,9H2,1H3. The van der Waals surface area contributed by atoms with Gasteiger partial charge in [0.05, 0.1) is 0 Å². The fraction of sp³-hybridized carbons (Fsp3) is 0.133. The van der Waals surface area contributed by atoms with Crippen molar-refractivity contribution in [2.24, 2.45) is 0 Å². The van der Waals surface area contributed by atoms with E-state index in [2.05, 4.69) is 0 Å². The number of aryl methyl sites for hydroxylation is 1. The highest BCUT2D eigenvalue weighted by Crippen LogP contribution is 2.26. The van der Waals surface area contributed by atoms with Crippen LogP contribution in [-0.4, -0.2) is 5.78 Å². The lowest BCUT2D eigenvalue weighted by molar-refractivity contribution is 0.0992. The van der Waals surface area contributed by atoms with Gasteiger partial charge in [-0.2, -0.15) is 0 Å². The van der Waals surface area contributed by atoms with Crippen LogP contribution in [0.15, 0.2) is 42.5 Å². The second-order valence-corrected chi connectivity index (χ2v) is 4.93. The number of rotatable bonds is 3. The smallest absolute Gasteiger partial charge is 0.167 e. The Morgan fingerprint density at radius 1 is 1.00 bits per heavy atom. The molecule has 0 spiro atoms. The average molecular weight is 279 g/mol. The summed E-state index contributed by atoms with van der Waals surface area (Å²) in [6, 6.07) is 12.8. The molecular formula is C15H12Cl2O. The van der Waals surface area contributed by atoms with E-state index >= 15 is 0 Å². The van der Waals surface area contributed by atoms with Crippen LogP contribution < -0.4 is 0 Å². The monoisotopic (exact) mass is 278 g/mol. The van der Waals surface area contributed by atoms with Gasteiger partial charge < -0.3 is 0 Å². The molecule has 0 heterocycles. The van der Waals surface area contributed by atoms with Crippen molar-refractivity contribution in [3.8, 4) is 0 Å². The fourth-order valence-electron chi connectivity index (χ4n) is 1.84. The minimum atomic E-state index is 0.0306. The van der Waals surface area contributed by atoms with Gasteiger partial charge in [0.25, 0.3) is 0 Å². The third-order valence-electron chi connectivity index (χ3n) is 2.84. The molecule has 0 aliphatic heterocycles. The Hall–Kier alpha value is -1.31. The number of halogens is 2. The molecule has 92 valence electrons. The second kappa shape index (κ2) is 5.55.